The Morgan fingerprint density at radius 2 is 1.97 bits per heavy atom. The molecule has 0 radical (unpaired) electrons. The van der Waals surface area contributed by atoms with E-state index in [1.165, 1.54) is 19.2 Å². The number of rotatable bonds is 5. The lowest BCUT2D eigenvalue weighted by molar-refractivity contribution is 0.0559. The molecule has 0 bridgehead atoms. The third-order valence-electron chi connectivity index (χ3n) is 5.55. The Labute approximate surface area is 185 Å². The Bertz CT molecular complexity index is 1090. The summed E-state index contributed by atoms with van der Waals surface area (Å²) in [4.78, 5) is 25.3. The van der Waals surface area contributed by atoms with Gasteiger partial charge >= 0.3 is 0 Å². The van der Waals surface area contributed by atoms with Gasteiger partial charge in [0.05, 0.1) is 31.6 Å². The number of aliphatic hydroxyl groups excluding tert-OH is 1. The number of nitrogen functional groups attached to an aromatic ring is 1. The van der Waals surface area contributed by atoms with Crippen LogP contribution in [-0.2, 0) is 0 Å². The Morgan fingerprint density at radius 1 is 1.19 bits per heavy atom. The first kappa shape index (κ1) is 21.5. The average molecular weight is 437 g/mol. The molecule has 9 heteroatoms. The summed E-state index contributed by atoms with van der Waals surface area (Å²) in [7, 11) is 1.51. The third-order valence-corrected chi connectivity index (χ3v) is 5.55. The van der Waals surface area contributed by atoms with Gasteiger partial charge in [0.25, 0.3) is 5.91 Å². The van der Waals surface area contributed by atoms with Crippen LogP contribution in [0.3, 0.4) is 0 Å². The zero-order chi connectivity index (χ0) is 22.7. The van der Waals surface area contributed by atoms with Gasteiger partial charge in [0.2, 0.25) is 0 Å². The number of amides is 1. The molecular weight excluding hydrogens is 413 g/mol. The van der Waals surface area contributed by atoms with E-state index in [1.807, 2.05) is 6.07 Å². The average Bonchev–Trinajstić information content (AvgIpc) is 2.84. The number of piperazine rings is 1. The maximum absolute atomic E-state index is 13.3. The first-order valence-electron chi connectivity index (χ1n) is 10.2. The predicted octanol–water partition coefficient (Wildman–Crippen LogP) is 2.20. The number of ether oxygens (including phenoxy) is 1. The van der Waals surface area contributed by atoms with E-state index in [4.69, 9.17) is 10.5 Å². The molecule has 0 spiro atoms. The van der Waals surface area contributed by atoms with Crippen molar-refractivity contribution < 1.29 is 19.0 Å². The number of hydrogen-bond donors (Lipinski definition) is 2. The summed E-state index contributed by atoms with van der Waals surface area (Å²) in [6, 6.07) is 10.7. The molecule has 4 rings (SSSR count). The normalized spacial score (nSPS) is 16.2. The Kier molecular flexibility index (Phi) is 6.18. The van der Waals surface area contributed by atoms with Crippen LogP contribution >= 0.6 is 0 Å². The summed E-state index contributed by atoms with van der Waals surface area (Å²) in [5.41, 5.74) is 8.14. The fraction of sp³-hybridized carbons (Fsp3) is 0.261. The number of pyridine rings is 2. The van der Waals surface area contributed by atoms with Gasteiger partial charge in [-0.05, 0) is 29.8 Å². The lowest BCUT2D eigenvalue weighted by atomic mass is 10.1. The van der Waals surface area contributed by atoms with E-state index in [0.717, 1.165) is 11.3 Å². The highest BCUT2D eigenvalue weighted by molar-refractivity contribution is 5.94. The van der Waals surface area contributed by atoms with Crippen LogP contribution in [0.1, 0.15) is 10.5 Å². The quantitative estimate of drug-likeness (QED) is 0.630. The lowest BCUT2D eigenvalue weighted by Crippen LogP contribution is -2.57. The minimum atomic E-state index is -0.404. The summed E-state index contributed by atoms with van der Waals surface area (Å²) < 4.78 is 18.7. The predicted molar refractivity (Wildman–Crippen MR) is 119 cm³/mol. The van der Waals surface area contributed by atoms with Gasteiger partial charge in [-0.15, -0.1) is 0 Å². The molecule has 3 heterocycles. The number of nitrogens with two attached hydrogens (primary N) is 1. The second-order valence-corrected chi connectivity index (χ2v) is 7.50. The molecule has 1 aliphatic heterocycles. The zero-order valence-corrected chi connectivity index (χ0v) is 17.6. The van der Waals surface area contributed by atoms with Gasteiger partial charge in [-0.3, -0.25) is 9.78 Å². The Morgan fingerprint density at radius 3 is 2.62 bits per heavy atom. The van der Waals surface area contributed by atoms with E-state index >= 15 is 0 Å². The molecule has 1 fully saturated rings. The van der Waals surface area contributed by atoms with Crippen molar-refractivity contribution in [2.75, 3.05) is 44.0 Å². The van der Waals surface area contributed by atoms with E-state index in [2.05, 4.69) is 14.9 Å². The van der Waals surface area contributed by atoms with Gasteiger partial charge in [0, 0.05) is 37.5 Å². The number of carbonyl (C=O) groups excluding carboxylic acids is 1. The molecule has 1 aliphatic rings. The van der Waals surface area contributed by atoms with Crippen LogP contribution in [0.4, 0.5) is 15.9 Å². The molecular formula is C23H24FN5O3. The highest BCUT2D eigenvalue weighted by atomic mass is 19.1. The fourth-order valence-electron chi connectivity index (χ4n) is 3.81. The van der Waals surface area contributed by atoms with Crippen LogP contribution in [0.15, 0.2) is 54.9 Å². The van der Waals surface area contributed by atoms with E-state index in [9.17, 15) is 14.3 Å². The number of carbonyl (C=O) groups is 1. The number of benzene rings is 1. The van der Waals surface area contributed by atoms with E-state index in [1.54, 1.807) is 41.6 Å². The Hall–Kier alpha value is -3.72. The SMILES string of the molecule is COc1cc(C(=O)N2CCN(c3ccc(N)nc3)C[C@@H]2CO)ncc1-c1ccc(F)cc1. The highest BCUT2D eigenvalue weighted by Crippen LogP contribution is 2.30. The van der Waals surface area contributed by atoms with Crippen molar-refractivity contribution in [2.24, 2.45) is 0 Å². The Balaban J connectivity index is 1.54. The summed E-state index contributed by atoms with van der Waals surface area (Å²) >= 11 is 0. The largest absolute Gasteiger partial charge is 0.496 e. The molecule has 1 atom stereocenters. The molecule has 3 aromatic rings. The molecule has 0 aliphatic carbocycles. The smallest absolute Gasteiger partial charge is 0.273 e. The number of aliphatic hydroxyl groups is 1. The topological polar surface area (TPSA) is 105 Å². The summed E-state index contributed by atoms with van der Waals surface area (Å²) in [6.45, 7) is 1.27. The molecule has 1 amide bonds. The molecule has 0 saturated carbocycles. The zero-order valence-electron chi connectivity index (χ0n) is 17.6. The summed E-state index contributed by atoms with van der Waals surface area (Å²) in [6.07, 6.45) is 3.23. The molecule has 166 valence electrons. The van der Waals surface area contributed by atoms with Crippen molar-refractivity contribution in [3.05, 3.63) is 66.4 Å². The van der Waals surface area contributed by atoms with Gasteiger partial charge < -0.3 is 25.4 Å². The lowest BCUT2D eigenvalue weighted by Gasteiger charge is -2.41. The number of aromatic nitrogens is 2. The minimum absolute atomic E-state index is 0.185. The van der Waals surface area contributed by atoms with Gasteiger partial charge in [0.1, 0.15) is 23.1 Å². The van der Waals surface area contributed by atoms with Crippen LogP contribution in [0.5, 0.6) is 5.75 Å². The molecule has 1 aromatic carbocycles. The molecule has 32 heavy (non-hydrogen) atoms. The number of anilines is 2. The van der Waals surface area contributed by atoms with Crippen LogP contribution < -0.4 is 15.4 Å². The van der Waals surface area contributed by atoms with E-state index in [-0.39, 0.29) is 24.0 Å². The number of nitrogens with zero attached hydrogens (tertiary/aromatic N) is 4. The second kappa shape index (κ2) is 9.19. The standard InChI is InChI=1S/C23H24FN5O3/c1-32-21-10-20(26-12-19(21)15-2-4-16(24)5-3-15)23(31)29-9-8-28(13-18(29)14-30)17-6-7-22(25)27-11-17/h2-7,10-12,18,30H,8-9,13-14H2,1H3,(H2,25,27)/t18-/m1/s1. The molecule has 0 unspecified atom stereocenters. The van der Waals surface area contributed by atoms with Crippen molar-refractivity contribution in [1.29, 1.82) is 0 Å². The van der Waals surface area contributed by atoms with Crippen LogP contribution in [-0.4, -0.2) is 65.3 Å². The molecule has 3 N–H and O–H groups in total. The second-order valence-electron chi connectivity index (χ2n) is 7.50. The first-order chi connectivity index (χ1) is 15.5. The summed E-state index contributed by atoms with van der Waals surface area (Å²) in [5, 5.41) is 9.95. The number of methoxy groups -OCH3 is 1. The minimum Gasteiger partial charge on any atom is -0.496 e. The van der Waals surface area contributed by atoms with Crippen molar-refractivity contribution in [2.45, 2.75) is 6.04 Å². The summed E-state index contributed by atoms with van der Waals surface area (Å²) in [5.74, 6) is 0.270. The van der Waals surface area contributed by atoms with Crippen molar-refractivity contribution in [3.63, 3.8) is 0 Å². The van der Waals surface area contributed by atoms with Gasteiger partial charge in [0.15, 0.2) is 0 Å². The van der Waals surface area contributed by atoms with Gasteiger partial charge in [-0.25, -0.2) is 9.37 Å². The number of hydrogen-bond acceptors (Lipinski definition) is 7. The molecule has 1 saturated heterocycles. The number of halogens is 1. The van der Waals surface area contributed by atoms with Gasteiger partial charge in [-0.2, -0.15) is 0 Å². The molecule has 8 nitrogen and oxygen atoms in total. The first-order valence-corrected chi connectivity index (χ1v) is 10.2. The van der Waals surface area contributed by atoms with E-state index in [0.29, 0.717) is 36.8 Å². The highest BCUT2D eigenvalue weighted by Gasteiger charge is 2.32. The van der Waals surface area contributed by atoms with Crippen LogP contribution in [0.25, 0.3) is 11.1 Å². The van der Waals surface area contributed by atoms with Crippen molar-refractivity contribution in [1.82, 2.24) is 14.9 Å². The van der Waals surface area contributed by atoms with Crippen LogP contribution in [0, 0.1) is 5.82 Å². The van der Waals surface area contributed by atoms with Crippen molar-refractivity contribution >= 4 is 17.4 Å². The fourth-order valence-corrected chi connectivity index (χ4v) is 3.81. The van der Waals surface area contributed by atoms with Gasteiger partial charge in [-0.1, -0.05) is 12.1 Å². The maximum atomic E-state index is 13.3. The van der Waals surface area contributed by atoms with Crippen LogP contribution in [0.2, 0.25) is 0 Å². The van der Waals surface area contributed by atoms with E-state index < -0.39 is 6.04 Å². The third kappa shape index (κ3) is 4.33. The van der Waals surface area contributed by atoms with Crippen molar-refractivity contribution in [3.8, 4) is 16.9 Å². The molecule has 2 aromatic heterocycles. The maximum Gasteiger partial charge on any atom is 0.273 e. The monoisotopic (exact) mass is 437 g/mol.